The summed E-state index contributed by atoms with van der Waals surface area (Å²) in [5.74, 6) is 0. The fraction of sp³-hybridized carbons (Fsp3) is 0. The Kier molecular flexibility index (Phi) is 134. The predicted molar refractivity (Wildman–Crippen MR) is 19.9 cm³/mol. The van der Waals surface area contributed by atoms with E-state index in [1.165, 1.54) is 0 Å². The van der Waals surface area contributed by atoms with Crippen molar-refractivity contribution in [1.82, 2.24) is 0 Å². The summed E-state index contributed by atoms with van der Waals surface area (Å²) >= 11 is 0. The predicted octanol–water partition coefficient (Wildman–Crippen LogP) is -2.37. The van der Waals surface area contributed by atoms with Gasteiger partial charge in [0.05, 0.1) is 0 Å². The first-order valence-corrected chi connectivity index (χ1v) is 0. The maximum absolute atomic E-state index is 0. The van der Waals surface area contributed by atoms with Crippen molar-refractivity contribution in [3.8, 4) is 0 Å². The van der Waals surface area contributed by atoms with Gasteiger partial charge in [0, 0.05) is 56.0 Å². The summed E-state index contributed by atoms with van der Waals surface area (Å²) in [5, 5.41) is 0. The second kappa shape index (κ2) is 17.5. The maximum atomic E-state index is 0. The van der Waals surface area contributed by atoms with Gasteiger partial charge in [0.1, 0.15) is 0 Å². The van der Waals surface area contributed by atoms with Crippen molar-refractivity contribution >= 4 is 28.3 Å². The molecule has 26 valence electrons. The van der Waals surface area contributed by atoms with Crippen molar-refractivity contribution in [2.45, 2.75) is 0 Å². The maximum Gasteiger partial charge on any atom is 0.187 e. The molecular weight excluding hydrogens is 300 g/mol. The summed E-state index contributed by atoms with van der Waals surface area (Å²) in [7, 11) is 0. The van der Waals surface area contributed by atoms with Crippen LogP contribution in [0.3, 0.4) is 0 Å². The molecule has 0 aliphatic heterocycles. The van der Waals surface area contributed by atoms with Crippen LogP contribution < -0.4 is 0 Å². The van der Waals surface area contributed by atoms with Gasteiger partial charge < -0.3 is 0 Å². The van der Waals surface area contributed by atoms with Crippen LogP contribution >= 0.6 is 0 Å². The zero-order valence-electron chi connectivity index (χ0n) is 1.89. The van der Waals surface area contributed by atoms with Crippen molar-refractivity contribution < 1.29 is 56.0 Å². The first-order valence-electron chi connectivity index (χ1n) is 0. The summed E-state index contributed by atoms with van der Waals surface area (Å²) < 4.78 is 0. The van der Waals surface area contributed by atoms with Gasteiger partial charge in [-0.1, -0.05) is 0 Å². The molecule has 0 heterocycles. The van der Waals surface area contributed by atoms with E-state index in [1.807, 2.05) is 0 Å². The van der Waals surface area contributed by atoms with Crippen LogP contribution in [0.5, 0.6) is 0 Å². The van der Waals surface area contributed by atoms with Crippen molar-refractivity contribution in [2.75, 3.05) is 0 Å². The fourth-order valence-electron chi connectivity index (χ4n) is 0. The molecule has 0 aromatic rings. The van der Waals surface area contributed by atoms with Crippen LogP contribution in [-0.4, -0.2) is 28.3 Å². The van der Waals surface area contributed by atoms with Gasteiger partial charge >= 0.3 is 0 Å². The molecule has 0 saturated carbocycles. The van der Waals surface area contributed by atoms with Gasteiger partial charge in [-0.3, -0.25) is 0 Å². The summed E-state index contributed by atoms with van der Waals surface area (Å²) in [6, 6.07) is 0. The van der Waals surface area contributed by atoms with E-state index in [9.17, 15) is 0 Å². The van der Waals surface area contributed by atoms with E-state index in [0.29, 0.717) is 0 Å². The molecule has 0 fully saturated rings. The summed E-state index contributed by atoms with van der Waals surface area (Å²) in [5.41, 5.74) is 0. The standard InChI is InChI=1S/Al.La.Pd.H3Si.3H/h;;;1H3;;;. The zero-order valence-corrected chi connectivity index (χ0v) is 9.07. The Labute approximate surface area is 82.9 Å². The molecule has 0 rings (SSSR count). The Morgan fingerprint density at radius 3 is 1.00 bits per heavy atom. The van der Waals surface area contributed by atoms with E-state index < -0.39 is 0 Å². The SMILES string of the molecule is [AlH3].[La].[Pd].[SiH3]. The largest absolute Gasteiger partial charge is 0.187 e. The third-order valence-corrected chi connectivity index (χ3v) is 0. The molecule has 0 spiro atoms. The Morgan fingerprint density at radius 1 is 1.00 bits per heavy atom. The molecule has 0 amide bonds. The first kappa shape index (κ1) is 30.6. The third-order valence-electron chi connectivity index (χ3n) is 0. The smallest absolute Gasteiger partial charge is 0.0125 e. The van der Waals surface area contributed by atoms with E-state index in [1.54, 1.807) is 0 Å². The van der Waals surface area contributed by atoms with Gasteiger partial charge in [0.25, 0.3) is 0 Å². The van der Waals surface area contributed by atoms with Crippen molar-refractivity contribution in [3.05, 3.63) is 0 Å². The number of hydrogen-bond donors (Lipinski definition) is 0. The molecular formula is H6AlLaPdSi. The van der Waals surface area contributed by atoms with Crippen molar-refractivity contribution in [1.29, 1.82) is 0 Å². The van der Waals surface area contributed by atoms with Gasteiger partial charge in [0.15, 0.2) is 17.4 Å². The molecule has 2 radical (unpaired) electrons. The zero-order chi connectivity index (χ0) is 0. The molecule has 0 aliphatic rings. The van der Waals surface area contributed by atoms with Gasteiger partial charge in [-0.15, -0.1) is 0 Å². The topological polar surface area (TPSA) is 0 Å². The van der Waals surface area contributed by atoms with Crippen LogP contribution in [0, 0.1) is 35.6 Å². The van der Waals surface area contributed by atoms with Crippen LogP contribution in [0.4, 0.5) is 0 Å². The Balaban J connectivity index is 0. The summed E-state index contributed by atoms with van der Waals surface area (Å²) in [6.07, 6.45) is 0. The molecule has 0 N–H and O–H groups in total. The Bertz CT molecular complexity index is 8.00. The van der Waals surface area contributed by atoms with E-state index in [0.717, 1.165) is 0 Å². The molecule has 0 saturated heterocycles. The monoisotopic (exact) mass is 306 g/mol. The molecule has 0 atom stereocenters. The molecule has 0 bridgehead atoms. The van der Waals surface area contributed by atoms with Gasteiger partial charge in [-0.2, -0.15) is 0 Å². The molecule has 0 aromatic carbocycles. The second-order valence-corrected chi connectivity index (χ2v) is 0. The van der Waals surface area contributed by atoms with E-state index in [4.69, 9.17) is 0 Å². The molecule has 4 heavy (non-hydrogen) atoms. The Morgan fingerprint density at radius 2 is 1.00 bits per heavy atom. The van der Waals surface area contributed by atoms with Crippen LogP contribution in [0.2, 0.25) is 0 Å². The molecule has 0 unspecified atom stereocenters. The molecule has 0 aromatic heterocycles. The molecule has 0 nitrogen and oxygen atoms in total. The van der Waals surface area contributed by atoms with E-state index >= 15 is 0 Å². The summed E-state index contributed by atoms with van der Waals surface area (Å²) in [4.78, 5) is 0. The molecule has 4 heteroatoms. The van der Waals surface area contributed by atoms with Crippen LogP contribution in [0.1, 0.15) is 0 Å². The van der Waals surface area contributed by atoms with Crippen LogP contribution in [0.15, 0.2) is 0 Å². The normalized spacial score (nSPS) is 0. The average Bonchev–Trinajstić information content (AvgIpc) is 0. The second-order valence-electron chi connectivity index (χ2n) is 0. The van der Waals surface area contributed by atoms with Gasteiger partial charge in [-0.25, -0.2) is 0 Å². The van der Waals surface area contributed by atoms with E-state index in [-0.39, 0.29) is 84.3 Å². The Hall–Kier alpha value is 2.61. The minimum absolute atomic E-state index is 0. The van der Waals surface area contributed by atoms with Crippen LogP contribution in [-0.2, 0) is 20.4 Å². The average molecular weight is 306 g/mol. The van der Waals surface area contributed by atoms with Crippen LogP contribution in [0.25, 0.3) is 0 Å². The molecule has 0 aliphatic carbocycles. The van der Waals surface area contributed by atoms with Gasteiger partial charge in [-0.05, 0) is 11.0 Å². The van der Waals surface area contributed by atoms with E-state index in [2.05, 4.69) is 0 Å². The van der Waals surface area contributed by atoms with Crippen molar-refractivity contribution in [2.24, 2.45) is 0 Å². The number of hydrogen-bond acceptors (Lipinski definition) is 0. The van der Waals surface area contributed by atoms with Crippen molar-refractivity contribution in [3.63, 3.8) is 0 Å². The number of rotatable bonds is 0. The minimum Gasteiger partial charge on any atom is -0.0125 e. The minimum atomic E-state index is 0. The third kappa shape index (κ3) is 8.82. The van der Waals surface area contributed by atoms with Gasteiger partial charge in [0.2, 0.25) is 0 Å². The fourth-order valence-corrected chi connectivity index (χ4v) is 0. The quantitative estimate of drug-likeness (QED) is 0.439. The first-order chi connectivity index (χ1) is 0. The summed E-state index contributed by atoms with van der Waals surface area (Å²) in [6.45, 7) is 0.